The number of halogens is 5. The predicted molar refractivity (Wildman–Crippen MR) is 60.8 cm³/mol. The SMILES string of the molecule is CCOC(=O)Cc1cc(CCl)nc(OC(F)(F)F)c1F. The molecule has 1 rings (SSSR count). The summed E-state index contributed by atoms with van der Waals surface area (Å²) < 4.78 is 58.2. The molecule has 0 aliphatic rings. The fourth-order valence-electron chi connectivity index (χ4n) is 1.36. The molecule has 1 aromatic rings. The van der Waals surface area contributed by atoms with Crippen molar-refractivity contribution in [2.75, 3.05) is 6.61 Å². The number of hydrogen-bond acceptors (Lipinski definition) is 4. The van der Waals surface area contributed by atoms with E-state index in [9.17, 15) is 22.4 Å². The highest BCUT2D eigenvalue weighted by molar-refractivity contribution is 6.16. The van der Waals surface area contributed by atoms with Gasteiger partial charge in [0.15, 0.2) is 5.82 Å². The first-order valence-corrected chi connectivity index (χ1v) is 5.96. The lowest BCUT2D eigenvalue weighted by molar-refractivity contribution is -0.277. The molecule has 1 heterocycles. The zero-order valence-corrected chi connectivity index (χ0v) is 11.0. The number of nitrogens with zero attached hydrogens (tertiary/aromatic N) is 1. The van der Waals surface area contributed by atoms with Gasteiger partial charge in [0.25, 0.3) is 5.88 Å². The van der Waals surface area contributed by atoms with Crippen LogP contribution in [0.3, 0.4) is 0 Å². The van der Waals surface area contributed by atoms with Crippen molar-refractivity contribution in [3.8, 4) is 5.88 Å². The zero-order valence-electron chi connectivity index (χ0n) is 10.3. The Morgan fingerprint density at radius 1 is 1.45 bits per heavy atom. The van der Waals surface area contributed by atoms with Crippen molar-refractivity contribution in [3.05, 3.63) is 23.1 Å². The third-order valence-electron chi connectivity index (χ3n) is 2.05. The van der Waals surface area contributed by atoms with Crippen molar-refractivity contribution in [2.45, 2.75) is 25.6 Å². The highest BCUT2D eigenvalue weighted by Crippen LogP contribution is 2.27. The molecule has 0 saturated heterocycles. The molecule has 9 heteroatoms. The van der Waals surface area contributed by atoms with Crippen LogP contribution in [0.5, 0.6) is 5.88 Å². The largest absolute Gasteiger partial charge is 0.574 e. The molecule has 0 saturated carbocycles. The Hall–Kier alpha value is -1.57. The minimum Gasteiger partial charge on any atom is -0.466 e. The molecule has 0 unspecified atom stereocenters. The summed E-state index contributed by atoms with van der Waals surface area (Å²) in [5.74, 6) is -3.68. The van der Waals surface area contributed by atoms with Gasteiger partial charge in [0.05, 0.1) is 24.6 Å². The molecule has 0 N–H and O–H groups in total. The quantitative estimate of drug-likeness (QED) is 0.476. The van der Waals surface area contributed by atoms with Crippen LogP contribution in [-0.4, -0.2) is 23.9 Å². The highest BCUT2D eigenvalue weighted by atomic mass is 35.5. The van der Waals surface area contributed by atoms with Crippen LogP contribution in [0.25, 0.3) is 0 Å². The smallest absolute Gasteiger partial charge is 0.466 e. The van der Waals surface area contributed by atoms with Gasteiger partial charge < -0.3 is 9.47 Å². The summed E-state index contributed by atoms with van der Waals surface area (Å²) in [6.45, 7) is 1.61. The van der Waals surface area contributed by atoms with E-state index in [1.165, 1.54) is 0 Å². The molecule has 4 nitrogen and oxygen atoms in total. The number of ether oxygens (including phenoxy) is 2. The Labute approximate surface area is 116 Å². The Kier molecular flexibility index (Phi) is 5.55. The van der Waals surface area contributed by atoms with Crippen LogP contribution in [-0.2, 0) is 21.8 Å². The van der Waals surface area contributed by atoms with Crippen molar-refractivity contribution in [1.29, 1.82) is 0 Å². The minimum atomic E-state index is -5.10. The maximum Gasteiger partial charge on any atom is 0.574 e. The van der Waals surface area contributed by atoms with E-state index in [1.807, 2.05) is 0 Å². The van der Waals surface area contributed by atoms with Gasteiger partial charge in [0.2, 0.25) is 0 Å². The van der Waals surface area contributed by atoms with E-state index >= 15 is 0 Å². The highest BCUT2D eigenvalue weighted by Gasteiger charge is 2.34. The topological polar surface area (TPSA) is 48.4 Å². The number of hydrogen-bond donors (Lipinski definition) is 0. The average Bonchev–Trinajstić information content (AvgIpc) is 2.32. The molecule has 0 aromatic carbocycles. The van der Waals surface area contributed by atoms with Crippen LogP contribution in [0.1, 0.15) is 18.2 Å². The van der Waals surface area contributed by atoms with E-state index in [-0.39, 0.29) is 23.7 Å². The van der Waals surface area contributed by atoms with Crippen molar-refractivity contribution in [3.63, 3.8) is 0 Å². The van der Waals surface area contributed by atoms with Crippen LogP contribution in [0.4, 0.5) is 17.6 Å². The molecule has 0 bridgehead atoms. The molecular formula is C11H10ClF4NO3. The van der Waals surface area contributed by atoms with Crippen molar-refractivity contribution < 1.29 is 31.8 Å². The summed E-state index contributed by atoms with van der Waals surface area (Å²) in [5.41, 5.74) is -0.375. The van der Waals surface area contributed by atoms with Gasteiger partial charge >= 0.3 is 12.3 Å². The normalized spacial score (nSPS) is 11.3. The molecule has 1 aromatic heterocycles. The van der Waals surface area contributed by atoms with Gasteiger partial charge in [-0.1, -0.05) is 0 Å². The number of esters is 1. The van der Waals surface area contributed by atoms with Crippen molar-refractivity contribution >= 4 is 17.6 Å². The van der Waals surface area contributed by atoms with E-state index in [0.29, 0.717) is 0 Å². The average molecular weight is 316 g/mol. The number of rotatable bonds is 5. The first-order chi connectivity index (χ1) is 9.26. The second-order valence-electron chi connectivity index (χ2n) is 3.56. The maximum absolute atomic E-state index is 13.8. The lowest BCUT2D eigenvalue weighted by Gasteiger charge is -2.12. The molecule has 0 fully saturated rings. The lowest BCUT2D eigenvalue weighted by Crippen LogP contribution is -2.20. The maximum atomic E-state index is 13.8. The van der Waals surface area contributed by atoms with Gasteiger partial charge in [-0.3, -0.25) is 4.79 Å². The van der Waals surface area contributed by atoms with Crippen LogP contribution in [0, 0.1) is 5.82 Å². The molecular weight excluding hydrogens is 306 g/mol. The van der Waals surface area contributed by atoms with E-state index in [0.717, 1.165) is 6.07 Å². The van der Waals surface area contributed by atoms with Gasteiger partial charge in [-0.2, -0.15) is 0 Å². The lowest BCUT2D eigenvalue weighted by atomic mass is 10.1. The molecule has 0 aliphatic carbocycles. The summed E-state index contributed by atoms with van der Waals surface area (Å²) >= 11 is 5.45. The summed E-state index contributed by atoms with van der Waals surface area (Å²) in [4.78, 5) is 14.5. The first kappa shape index (κ1) is 16.5. The summed E-state index contributed by atoms with van der Waals surface area (Å²) in [6.07, 6.45) is -5.64. The third kappa shape index (κ3) is 4.84. The van der Waals surface area contributed by atoms with E-state index < -0.39 is 30.4 Å². The Balaban J connectivity index is 3.10. The van der Waals surface area contributed by atoms with Crippen LogP contribution >= 0.6 is 11.6 Å². The van der Waals surface area contributed by atoms with Gasteiger partial charge in [0.1, 0.15) is 0 Å². The van der Waals surface area contributed by atoms with E-state index in [1.54, 1.807) is 6.92 Å². The predicted octanol–water partition coefficient (Wildman–Crippen LogP) is 2.96. The molecule has 20 heavy (non-hydrogen) atoms. The molecule has 0 aliphatic heterocycles. The van der Waals surface area contributed by atoms with E-state index in [2.05, 4.69) is 14.5 Å². The van der Waals surface area contributed by atoms with Crippen LogP contribution in [0.2, 0.25) is 0 Å². The number of alkyl halides is 4. The second kappa shape index (κ2) is 6.74. The van der Waals surface area contributed by atoms with Gasteiger partial charge in [-0.05, 0) is 13.0 Å². The van der Waals surface area contributed by atoms with Crippen molar-refractivity contribution in [1.82, 2.24) is 4.98 Å². The molecule has 0 atom stereocenters. The monoisotopic (exact) mass is 315 g/mol. The number of aromatic nitrogens is 1. The number of pyridine rings is 1. The standard InChI is InChI=1S/C11H10ClF4NO3/c1-2-19-8(18)4-6-3-7(5-12)17-10(9(6)13)20-11(14,15)16/h3H,2,4-5H2,1H3. The molecule has 0 spiro atoms. The van der Waals surface area contributed by atoms with Gasteiger partial charge in [-0.25, -0.2) is 9.37 Å². The second-order valence-corrected chi connectivity index (χ2v) is 3.82. The summed E-state index contributed by atoms with van der Waals surface area (Å²) in [5, 5.41) is 0. The fourth-order valence-corrected chi connectivity index (χ4v) is 1.49. The van der Waals surface area contributed by atoms with Crippen LogP contribution < -0.4 is 4.74 Å². The molecule has 0 amide bonds. The fraction of sp³-hybridized carbons (Fsp3) is 0.455. The Bertz CT molecular complexity index is 493. The molecule has 0 radical (unpaired) electrons. The van der Waals surface area contributed by atoms with Gasteiger partial charge in [-0.15, -0.1) is 24.8 Å². The van der Waals surface area contributed by atoms with Crippen molar-refractivity contribution in [2.24, 2.45) is 0 Å². The Morgan fingerprint density at radius 2 is 2.10 bits per heavy atom. The number of carbonyl (C=O) groups is 1. The van der Waals surface area contributed by atoms with E-state index in [4.69, 9.17) is 11.6 Å². The third-order valence-corrected chi connectivity index (χ3v) is 2.32. The summed E-state index contributed by atoms with van der Waals surface area (Å²) in [7, 11) is 0. The zero-order chi connectivity index (χ0) is 15.3. The summed E-state index contributed by atoms with van der Waals surface area (Å²) in [6, 6.07) is 1.09. The minimum absolute atomic E-state index is 0.0494. The first-order valence-electron chi connectivity index (χ1n) is 5.42. The molecule has 112 valence electrons. The Morgan fingerprint density at radius 3 is 2.60 bits per heavy atom. The van der Waals surface area contributed by atoms with Crippen LogP contribution in [0.15, 0.2) is 6.07 Å². The number of carbonyl (C=O) groups excluding carboxylic acids is 1. The van der Waals surface area contributed by atoms with Gasteiger partial charge in [0, 0.05) is 5.56 Å².